The summed E-state index contributed by atoms with van der Waals surface area (Å²) in [5.74, 6) is 0.461. The van der Waals surface area contributed by atoms with Crippen LogP contribution in [0, 0.1) is 33.5 Å². The minimum atomic E-state index is -0.183. The molecular formula is C28H21FN2O. The molecule has 0 amide bonds. The summed E-state index contributed by atoms with van der Waals surface area (Å²) in [5.41, 5.74) is 6.58. The standard InChI is InChI=1S/C28H21FN2O/c1-14-9-11-21(28-23(14)19-7-5-6-8-22(19)32-28)26-20-12-10-18-13-15(2)25(29)16(3)24(18)27(20)31-17(4)30-26/h5-13H,1-4H3. The molecule has 4 heteroatoms. The lowest BCUT2D eigenvalue weighted by Crippen LogP contribution is -1.98. The number of halogens is 1. The first-order valence-electron chi connectivity index (χ1n) is 10.7. The molecule has 32 heavy (non-hydrogen) atoms. The molecule has 0 atom stereocenters. The molecule has 0 N–H and O–H groups in total. The number of aromatic nitrogens is 2. The van der Waals surface area contributed by atoms with Crippen molar-refractivity contribution in [3.63, 3.8) is 0 Å². The molecule has 2 heterocycles. The fraction of sp³-hybridized carbons (Fsp3) is 0.143. The van der Waals surface area contributed by atoms with Crippen LogP contribution in [0.15, 0.2) is 59.0 Å². The van der Waals surface area contributed by atoms with Crippen LogP contribution in [0.4, 0.5) is 4.39 Å². The number of furan rings is 1. The molecule has 3 nitrogen and oxygen atoms in total. The minimum absolute atomic E-state index is 0.183. The average molecular weight is 420 g/mol. The molecule has 4 aromatic carbocycles. The molecule has 0 aliphatic heterocycles. The van der Waals surface area contributed by atoms with E-state index in [1.807, 2.05) is 50.2 Å². The third-order valence-corrected chi connectivity index (χ3v) is 6.42. The van der Waals surface area contributed by atoms with Crippen LogP contribution in [0.25, 0.3) is 54.9 Å². The van der Waals surface area contributed by atoms with E-state index in [1.54, 1.807) is 6.92 Å². The lowest BCUT2D eigenvalue weighted by molar-refractivity contribution is 0.612. The Morgan fingerprint density at radius 1 is 0.781 bits per heavy atom. The number of nitrogens with zero attached hydrogens (tertiary/aromatic N) is 2. The number of hydrogen-bond donors (Lipinski definition) is 0. The second-order valence-electron chi connectivity index (χ2n) is 8.54. The Labute approximate surface area is 184 Å². The molecule has 2 aromatic heterocycles. The Morgan fingerprint density at radius 3 is 2.44 bits per heavy atom. The monoisotopic (exact) mass is 420 g/mol. The number of para-hydroxylation sites is 1. The first kappa shape index (κ1) is 18.9. The van der Waals surface area contributed by atoms with Crippen LogP contribution in [0.5, 0.6) is 0 Å². The molecular weight excluding hydrogens is 399 g/mol. The molecule has 0 saturated carbocycles. The molecule has 6 rings (SSSR count). The van der Waals surface area contributed by atoms with Gasteiger partial charge in [-0.3, -0.25) is 0 Å². The van der Waals surface area contributed by atoms with Gasteiger partial charge in [0.1, 0.15) is 22.8 Å². The van der Waals surface area contributed by atoms with E-state index in [0.717, 1.165) is 60.4 Å². The zero-order chi connectivity index (χ0) is 22.1. The largest absolute Gasteiger partial charge is 0.455 e. The van der Waals surface area contributed by atoms with E-state index in [1.165, 1.54) is 0 Å². The van der Waals surface area contributed by atoms with Gasteiger partial charge in [-0.25, -0.2) is 14.4 Å². The normalized spacial score (nSPS) is 11.9. The summed E-state index contributed by atoms with van der Waals surface area (Å²) in [6.45, 7) is 7.60. The van der Waals surface area contributed by atoms with Crippen LogP contribution < -0.4 is 0 Å². The van der Waals surface area contributed by atoms with E-state index < -0.39 is 0 Å². The maximum atomic E-state index is 14.8. The fourth-order valence-corrected chi connectivity index (χ4v) is 4.93. The van der Waals surface area contributed by atoms with Crippen LogP contribution in [0.1, 0.15) is 22.5 Å². The Balaban J connectivity index is 1.78. The zero-order valence-electron chi connectivity index (χ0n) is 18.4. The van der Waals surface area contributed by atoms with Gasteiger partial charge in [0, 0.05) is 27.1 Å². The van der Waals surface area contributed by atoms with Gasteiger partial charge in [-0.1, -0.05) is 30.3 Å². The fourth-order valence-electron chi connectivity index (χ4n) is 4.93. The Hall–Kier alpha value is -3.79. The molecule has 0 radical (unpaired) electrons. The van der Waals surface area contributed by atoms with Crippen LogP contribution in [-0.2, 0) is 0 Å². The minimum Gasteiger partial charge on any atom is -0.455 e. The summed E-state index contributed by atoms with van der Waals surface area (Å²) in [6.07, 6.45) is 0. The molecule has 0 aliphatic carbocycles. The van der Waals surface area contributed by atoms with Gasteiger partial charge >= 0.3 is 0 Å². The van der Waals surface area contributed by atoms with Crippen molar-refractivity contribution in [2.75, 3.05) is 0 Å². The van der Waals surface area contributed by atoms with Gasteiger partial charge in [0.2, 0.25) is 0 Å². The maximum Gasteiger partial charge on any atom is 0.145 e. The molecule has 0 aliphatic rings. The van der Waals surface area contributed by atoms with Crippen molar-refractivity contribution in [2.45, 2.75) is 27.7 Å². The van der Waals surface area contributed by atoms with E-state index in [0.29, 0.717) is 17.0 Å². The Bertz CT molecular complexity index is 1730. The SMILES string of the molecule is Cc1nc(-c2ccc(C)c3c2oc2ccccc23)c2ccc3cc(C)c(F)c(C)c3c2n1. The number of aryl methyl sites for hydroxylation is 4. The molecule has 156 valence electrons. The van der Waals surface area contributed by atoms with Crippen molar-refractivity contribution in [1.29, 1.82) is 0 Å². The molecule has 0 fully saturated rings. The Morgan fingerprint density at radius 2 is 1.59 bits per heavy atom. The molecule has 0 spiro atoms. The van der Waals surface area contributed by atoms with Crippen molar-refractivity contribution in [2.24, 2.45) is 0 Å². The van der Waals surface area contributed by atoms with Crippen LogP contribution in [0.2, 0.25) is 0 Å². The zero-order valence-corrected chi connectivity index (χ0v) is 18.4. The van der Waals surface area contributed by atoms with Crippen molar-refractivity contribution >= 4 is 43.6 Å². The van der Waals surface area contributed by atoms with Gasteiger partial charge in [0.25, 0.3) is 0 Å². The van der Waals surface area contributed by atoms with Crippen molar-refractivity contribution in [3.05, 3.63) is 82.9 Å². The van der Waals surface area contributed by atoms with Crippen molar-refractivity contribution < 1.29 is 8.81 Å². The van der Waals surface area contributed by atoms with Gasteiger partial charge in [0.15, 0.2) is 0 Å². The topological polar surface area (TPSA) is 38.9 Å². The number of hydrogen-bond acceptors (Lipinski definition) is 3. The molecule has 6 aromatic rings. The number of benzene rings is 4. The van der Waals surface area contributed by atoms with Gasteiger partial charge in [-0.2, -0.15) is 0 Å². The van der Waals surface area contributed by atoms with E-state index in [9.17, 15) is 4.39 Å². The molecule has 0 saturated heterocycles. The second-order valence-corrected chi connectivity index (χ2v) is 8.54. The second kappa shape index (κ2) is 6.60. The first-order valence-corrected chi connectivity index (χ1v) is 10.7. The van der Waals surface area contributed by atoms with Gasteiger partial charge in [-0.05, 0) is 74.0 Å². The lowest BCUT2D eigenvalue weighted by Gasteiger charge is -2.13. The molecule has 0 unspecified atom stereocenters. The summed E-state index contributed by atoms with van der Waals surface area (Å²) in [4.78, 5) is 9.59. The maximum absolute atomic E-state index is 14.8. The van der Waals surface area contributed by atoms with Crippen LogP contribution in [-0.4, -0.2) is 9.97 Å². The lowest BCUT2D eigenvalue weighted by atomic mass is 9.95. The van der Waals surface area contributed by atoms with Gasteiger partial charge in [0.05, 0.1) is 11.2 Å². The van der Waals surface area contributed by atoms with Crippen LogP contribution in [0.3, 0.4) is 0 Å². The number of fused-ring (bicyclic) bond motifs is 6. The summed E-state index contributed by atoms with van der Waals surface area (Å²) >= 11 is 0. The van der Waals surface area contributed by atoms with Gasteiger partial charge < -0.3 is 4.42 Å². The smallest absolute Gasteiger partial charge is 0.145 e. The van der Waals surface area contributed by atoms with Gasteiger partial charge in [-0.15, -0.1) is 0 Å². The summed E-state index contributed by atoms with van der Waals surface area (Å²) in [7, 11) is 0. The van der Waals surface area contributed by atoms with E-state index in [2.05, 4.69) is 25.1 Å². The van der Waals surface area contributed by atoms with Crippen LogP contribution >= 0.6 is 0 Å². The van der Waals surface area contributed by atoms with Crippen molar-refractivity contribution in [1.82, 2.24) is 9.97 Å². The summed E-state index contributed by atoms with van der Waals surface area (Å²) in [5, 5.41) is 4.90. The van der Waals surface area contributed by atoms with E-state index in [-0.39, 0.29) is 5.82 Å². The number of rotatable bonds is 1. The highest BCUT2D eigenvalue weighted by Crippen LogP contribution is 2.40. The highest BCUT2D eigenvalue weighted by Gasteiger charge is 2.19. The predicted octanol–water partition coefficient (Wildman–Crippen LogP) is 7.72. The summed E-state index contributed by atoms with van der Waals surface area (Å²) < 4.78 is 21.2. The first-order chi connectivity index (χ1) is 15.4. The third kappa shape index (κ3) is 2.53. The Kier molecular flexibility index (Phi) is 3.91. The van der Waals surface area contributed by atoms with Crippen molar-refractivity contribution in [3.8, 4) is 11.3 Å². The quantitative estimate of drug-likeness (QED) is 0.256. The van der Waals surface area contributed by atoms with E-state index in [4.69, 9.17) is 14.4 Å². The predicted molar refractivity (Wildman–Crippen MR) is 129 cm³/mol. The summed E-state index contributed by atoms with van der Waals surface area (Å²) in [6, 6.07) is 18.2. The third-order valence-electron chi connectivity index (χ3n) is 6.42. The highest BCUT2D eigenvalue weighted by atomic mass is 19.1. The van der Waals surface area contributed by atoms with E-state index >= 15 is 0 Å². The average Bonchev–Trinajstić information content (AvgIpc) is 3.17. The molecule has 0 bridgehead atoms. The highest BCUT2D eigenvalue weighted by molar-refractivity contribution is 6.15.